The molecule has 2 rings (SSSR count). The van der Waals surface area contributed by atoms with Gasteiger partial charge in [0.05, 0.1) is 0 Å². The molecule has 0 amide bonds. The van der Waals surface area contributed by atoms with E-state index in [0.29, 0.717) is 0 Å². The monoisotopic (exact) mass is 150 g/mol. The zero-order valence-electron chi connectivity index (χ0n) is 7.64. The highest BCUT2D eigenvalue weighted by Gasteiger charge is 2.38. The van der Waals surface area contributed by atoms with Gasteiger partial charge in [-0.2, -0.15) is 0 Å². The summed E-state index contributed by atoms with van der Waals surface area (Å²) in [6, 6.07) is 0. The second-order valence-electron chi connectivity index (χ2n) is 4.10. The first-order valence-electron chi connectivity index (χ1n) is 5.05. The van der Waals surface area contributed by atoms with Crippen LogP contribution in [0.5, 0.6) is 0 Å². The van der Waals surface area contributed by atoms with Gasteiger partial charge in [0.1, 0.15) is 0 Å². The standard InChI is InChI=1S/C11H18/c1-3-9-5-8-6-10(4-2)11(9)7-8/h5,8,10-11H,3-4,6-7H2,1-2H3. The highest BCUT2D eigenvalue weighted by molar-refractivity contribution is 5.20. The summed E-state index contributed by atoms with van der Waals surface area (Å²) in [5.74, 6) is 3.01. The molecule has 0 saturated heterocycles. The molecule has 0 N–H and O–H groups in total. The van der Waals surface area contributed by atoms with Crippen molar-refractivity contribution in [3.8, 4) is 0 Å². The second-order valence-corrected chi connectivity index (χ2v) is 4.10. The van der Waals surface area contributed by atoms with Crippen LogP contribution in [0.1, 0.15) is 39.5 Å². The lowest BCUT2D eigenvalue weighted by Gasteiger charge is -2.21. The van der Waals surface area contributed by atoms with Crippen molar-refractivity contribution >= 4 is 0 Å². The van der Waals surface area contributed by atoms with Gasteiger partial charge in [0.2, 0.25) is 0 Å². The Labute approximate surface area is 69.7 Å². The molecule has 0 heterocycles. The lowest BCUT2D eigenvalue weighted by atomic mass is 9.85. The van der Waals surface area contributed by atoms with Gasteiger partial charge in [-0.15, -0.1) is 0 Å². The first kappa shape index (κ1) is 7.39. The molecule has 0 aliphatic heterocycles. The van der Waals surface area contributed by atoms with Crippen LogP contribution in [-0.2, 0) is 0 Å². The first-order chi connectivity index (χ1) is 5.35. The van der Waals surface area contributed by atoms with Crippen molar-refractivity contribution in [2.75, 3.05) is 0 Å². The smallest absolute Gasteiger partial charge is 0.0169 e. The van der Waals surface area contributed by atoms with Gasteiger partial charge in [0, 0.05) is 0 Å². The van der Waals surface area contributed by atoms with E-state index in [2.05, 4.69) is 19.9 Å². The SMILES string of the molecule is CCC1=CC2CC(CC)C1C2. The quantitative estimate of drug-likeness (QED) is 0.529. The van der Waals surface area contributed by atoms with Gasteiger partial charge in [-0.1, -0.05) is 31.9 Å². The lowest BCUT2D eigenvalue weighted by Crippen LogP contribution is -2.10. The average Bonchev–Trinajstić information content (AvgIpc) is 2.60. The van der Waals surface area contributed by atoms with E-state index in [-0.39, 0.29) is 0 Å². The van der Waals surface area contributed by atoms with Gasteiger partial charge < -0.3 is 0 Å². The summed E-state index contributed by atoms with van der Waals surface area (Å²) in [6.07, 6.45) is 8.24. The molecular formula is C11H18. The highest BCUT2D eigenvalue weighted by Crippen LogP contribution is 2.49. The van der Waals surface area contributed by atoms with Gasteiger partial charge in [-0.05, 0) is 37.0 Å². The predicted molar refractivity (Wildman–Crippen MR) is 48.4 cm³/mol. The van der Waals surface area contributed by atoms with Crippen LogP contribution in [-0.4, -0.2) is 0 Å². The minimum absolute atomic E-state index is 0.972. The summed E-state index contributed by atoms with van der Waals surface area (Å²) in [5.41, 5.74) is 1.77. The Balaban J connectivity index is 2.12. The Morgan fingerprint density at radius 3 is 2.73 bits per heavy atom. The van der Waals surface area contributed by atoms with Crippen LogP contribution in [0.2, 0.25) is 0 Å². The van der Waals surface area contributed by atoms with Crippen LogP contribution < -0.4 is 0 Å². The molecule has 0 spiro atoms. The Hall–Kier alpha value is -0.260. The molecule has 2 aliphatic carbocycles. The summed E-state index contributed by atoms with van der Waals surface area (Å²) in [7, 11) is 0. The fourth-order valence-electron chi connectivity index (χ4n) is 3.02. The maximum absolute atomic E-state index is 2.55. The predicted octanol–water partition coefficient (Wildman–Crippen LogP) is 3.39. The Kier molecular flexibility index (Phi) is 1.78. The van der Waals surface area contributed by atoms with Gasteiger partial charge in [-0.25, -0.2) is 0 Å². The summed E-state index contributed by atoms with van der Waals surface area (Å²) < 4.78 is 0. The van der Waals surface area contributed by atoms with Crippen LogP contribution in [0.3, 0.4) is 0 Å². The molecule has 2 aliphatic rings. The van der Waals surface area contributed by atoms with Crippen molar-refractivity contribution in [2.24, 2.45) is 17.8 Å². The first-order valence-corrected chi connectivity index (χ1v) is 5.05. The maximum Gasteiger partial charge on any atom is -0.0169 e. The van der Waals surface area contributed by atoms with Crippen LogP contribution in [0, 0.1) is 17.8 Å². The third-order valence-corrected chi connectivity index (χ3v) is 3.59. The molecule has 1 fully saturated rings. The fourth-order valence-corrected chi connectivity index (χ4v) is 3.02. The number of allylic oxidation sites excluding steroid dienone is 2. The minimum Gasteiger partial charge on any atom is -0.0819 e. The number of fused-ring (bicyclic) bond motifs is 2. The van der Waals surface area contributed by atoms with E-state index in [0.717, 1.165) is 17.8 Å². The highest BCUT2D eigenvalue weighted by atomic mass is 14.4. The van der Waals surface area contributed by atoms with E-state index >= 15 is 0 Å². The van der Waals surface area contributed by atoms with E-state index < -0.39 is 0 Å². The number of hydrogen-bond acceptors (Lipinski definition) is 0. The Morgan fingerprint density at radius 1 is 1.36 bits per heavy atom. The van der Waals surface area contributed by atoms with Crippen LogP contribution in [0.4, 0.5) is 0 Å². The topological polar surface area (TPSA) is 0 Å². The zero-order valence-corrected chi connectivity index (χ0v) is 7.64. The van der Waals surface area contributed by atoms with E-state index in [1.54, 1.807) is 5.57 Å². The second kappa shape index (κ2) is 2.66. The van der Waals surface area contributed by atoms with Crippen molar-refractivity contribution in [3.63, 3.8) is 0 Å². The van der Waals surface area contributed by atoms with Crippen molar-refractivity contribution in [2.45, 2.75) is 39.5 Å². The molecule has 3 atom stereocenters. The van der Waals surface area contributed by atoms with Crippen molar-refractivity contribution < 1.29 is 0 Å². The minimum atomic E-state index is 0.972. The molecule has 11 heavy (non-hydrogen) atoms. The summed E-state index contributed by atoms with van der Waals surface area (Å²) in [6.45, 7) is 4.65. The number of hydrogen-bond donors (Lipinski definition) is 0. The van der Waals surface area contributed by atoms with E-state index in [9.17, 15) is 0 Å². The molecule has 0 heteroatoms. The molecule has 0 aromatic heterocycles. The largest absolute Gasteiger partial charge is 0.0819 e. The molecule has 3 unspecified atom stereocenters. The molecular weight excluding hydrogens is 132 g/mol. The Morgan fingerprint density at radius 2 is 2.18 bits per heavy atom. The average molecular weight is 150 g/mol. The molecule has 0 nitrogen and oxygen atoms in total. The van der Waals surface area contributed by atoms with Crippen molar-refractivity contribution in [3.05, 3.63) is 11.6 Å². The van der Waals surface area contributed by atoms with E-state index in [1.165, 1.54) is 25.7 Å². The summed E-state index contributed by atoms with van der Waals surface area (Å²) >= 11 is 0. The zero-order chi connectivity index (χ0) is 7.84. The van der Waals surface area contributed by atoms with E-state index in [4.69, 9.17) is 0 Å². The number of rotatable bonds is 2. The Bertz CT molecular complexity index is 178. The van der Waals surface area contributed by atoms with Gasteiger partial charge in [-0.3, -0.25) is 0 Å². The third kappa shape index (κ3) is 1.04. The molecule has 0 aromatic carbocycles. The van der Waals surface area contributed by atoms with E-state index in [1.807, 2.05) is 0 Å². The molecule has 0 radical (unpaired) electrons. The van der Waals surface area contributed by atoms with Crippen molar-refractivity contribution in [1.29, 1.82) is 0 Å². The van der Waals surface area contributed by atoms with Crippen LogP contribution in [0.15, 0.2) is 11.6 Å². The normalized spacial score (nSPS) is 41.3. The maximum atomic E-state index is 2.55. The molecule has 1 saturated carbocycles. The van der Waals surface area contributed by atoms with Gasteiger partial charge in [0.15, 0.2) is 0 Å². The lowest BCUT2D eigenvalue weighted by molar-refractivity contribution is 0.410. The van der Waals surface area contributed by atoms with Gasteiger partial charge >= 0.3 is 0 Å². The van der Waals surface area contributed by atoms with Crippen molar-refractivity contribution in [1.82, 2.24) is 0 Å². The fraction of sp³-hybridized carbons (Fsp3) is 0.818. The van der Waals surface area contributed by atoms with Gasteiger partial charge in [0.25, 0.3) is 0 Å². The summed E-state index contributed by atoms with van der Waals surface area (Å²) in [4.78, 5) is 0. The third-order valence-electron chi connectivity index (χ3n) is 3.59. The van der Waals surface area contributed by atoms with Crippen LogP contribution in [0.25, 0.3) is 0 Å². The molecule has 0 aromatic rings. The molecule has 62 valence electrons. The molecule has 2 bridgehead atoms. The summed E-state index contributed by atoms with van der Waals surface area (Å²) in [5, 5.41) is 0. The van der Waals surface area contributed by atoms with Crippen LogP contribution >= 0.6 is 0 Å².